The van der Waals surface area contributed by atoms with Crippen LogP contribution in [0.2, 0.25) is 0 Å². The molecule has 2 nitrogen and oxygen atoms in total. The first-order valence-electron chi connectivity index (χ1n) is 4.34. The Morgan fingerprint density at radius 1 is 1.42 bits per heavy atom. The Balaban J connectivity index is 3.22. The third kappa shape index (κ3) is 7.95. The van der Waals surface area contributed by atoms with E-state index in [2.05, 4.69) is 0 Å². The van der Waals surface area contributed by atoms with E-state index in [1.807, 2.05) is 20.8 Å². The second-order valence-electron chi connectivity index (χ2n) is 3.88. The second kappa shape index (κ2) is 5.49. The summed E-state index contributed by atoms with van der Waals surface area (Å²) in [6.07, 6.45) is -0.0421. The fourth-order valence-electron chi connectivity index (χ4n) is 0.774. The van der Waals surface area contributed by atoms with E-state index < -0.39 is 6.17 Å². The van der Waals surface area contributed by atoms with Crippen LogP contribution in [0, 0.1) is 0 Å². The molecular weight excluding hydrogens is 159 g/mol. The van der Waals surface area contributed by atoms with Gasteiger partial charge in [-0.1, -0.05) is 0 Å². The molecule has 0 aliphatic rings. The van der Waals surface area contributed by atoms with Gasteiger partial charge in [-0.25, -0.2) is 4.39 Å². The molecule has 74 valence electrons. The van der Waals surface area contributed by atoms with Crippen LogP contribution in [0.15, 0.2) is 0 Å². The number of rotatable bonds is 5. The fraction of sp³-hybridized carbons (Fsp3) is 1.00. The van der Waals surface area contributed by atoms with Gasteiger partial charge < -0.3 is 9.84 Å². The molecule has 0 saturated heterocycles. The summed E-state index contributed by atoms with van der Waals surface area (Å²) in [7, 11) is 0. The smallest absolute Gasteiger partial charge is 0.123 e. The quantitative estimate of drug-likeness (QED) is 0.652. The van der Waals surface area contributed by atoms with Gasteiger partial charge in [-0.05, 0) is 33.6 Å². The van der Waals surface area contributed by atoms with Crippen molar-refractivity contribution < 1.29 is 14.2 Å². The maximum absolute atomic E-state index is 12.4. The van der Waals surface area contributed by atoms with Gasteiger partial charge in [0.2, 0.25) is 0 Å². The molecule has 1 atom stereocenters. The average molecular weight is 178 g/mol. The lowest BCUT2D eigenvalue weighted by atomic mass is 10.2. The monoisotopic (exact) mass is 178 g/mol. The zero-order chi connectivity index (χ0) is 9.61. The van der Waals surface area contributed by atoms with Gasteiger partial charge in [-0.2, -0.15) is 0 Å². The molecule has 0 aromatic carbocycles. The van der Waals surface area contributed by atoms with Gasteiger partial charge in [0.1, 0.15) is 6.17 Å². The van der Waals surface area contributed by atoms with Crippen molar-refractivity contribution in [2.45, 2.75) is 45.4 Å². The van der Waals surface area contributed by atoms with Gasteiger partial charge in [-0.15, -0.1) is 0 Å². The highest BCUT2D eigenvalue weighted by molar-refractivity contribution is 4.59. The van der Waals surface area contributed by atoms with Crippen LogP contribution in [0.4, 0.5) is 4.39 Å². The van der Waals surface area contributed by atoms with Crippen LogP contribution in [0.3, 0.4) is 0 Å². The summed E-state index contributed by atoms with van der Waals surface area (Å²) in [5.74, 6) is 0. The lowest BCUT2D eigenvalue weighted by Crippen LogP contribution is -2.20. The van der Waals surface area contributed by atoms with E-state index in [9.17, 15) is 4.39 Å². The number of ether oxygens (including phenoxy) is 1. The normalized spacial score (nSPS) is 14.8. The molecule has 0 aliphatic carbocycles. The fourth-order valence-corrected chi connectivity index (χ4v) is 0.774. The highest BCUT2D eigenvalue weighted by Gasteiger charge is 2.10. The Morgan fingerprint density at radius 2 is 2.00 bits per heavy atom. The lowest BCUT2D eigenvalue weighted by Gasteiger charge is -2.19. The first-order chi connectivity index (χ1) is 5.45. The maximum atomic E-state index is 12.4. The molecular formula is C9H19FO2. The van der Waals surface area contributed by atoms with Gasteiger partial charge in [0.25, 0.3) is 0 Å². The third-order valence-electron chi connectivity index (χ3n) is 1.39. The summed E-state index contributed by atoms with van der Waals surface area (Å²) in [6, 6.07) is 0. The predicted octanol–water partition coefficient (Wildman–Crippen LogP) is 1.91. The molecule has 3 heteroatoms. The zero-order valence-corrected chi connectivity index (χ0v) is 8.14. The Kier molecular flexibility index (Phi) is 5.42. The van der Waals surface area contributed by atoms with E-state index in [1.165, 1.54) is 0 Å². The SMILES string of the molecule is CC(C)(C)OCCCC(F)CO. The molecule has 0 aromatic heterocycles. The molecule has 0 radical (unpaired) electrons. The number of aliphatic hydroxyl groups is 1. The van der Waals surface area contributed by atoms with Gasteiger partial charge in [-0.3, -0.25) is 0 Å². The van der Waals surface area contributed by atoms with Crippen molar-refractivity contribution in [1.29, 1.82) is 0 Å². The molecule has 0 heterocycles. The molecule has 0 amide bonds. The molecule has 1 N–H and O–H groups in total. The highest BCUT2D eigenvalue weighted by atomic mass is 19.1. The van der Waals surface area contributed by atoms with E-state index in [4.69, 9.17) is 9.84 Å². The van der Waals surface area contributed by atoms with Gasteiger partial charge in [0, 0.05) is 6.61 Å². The predicted molar refractivity (Wildman–Crippen MR) is 46.9 cm³/mol. The highest BCUT2D eigenvalue weighted by Crippen LogP contribution is 2.09. The van der Waals surface area contributed by atoms with Crippen molar-refractivity contribution >= 4 is 0 Å². The van der Waals surface area contributed by atoms with Crippen LogP contribution in [0.1, 0.15) is 33.6 Å². The largest absolute Gasteiger partial charge is 0.393 e. The minimum Gasteiger partial charge on any atom is -0.393 e. The van der Waals surface area contributed by atoms with E-state index in [0.717, 1.165) is 0 Å². The summed E-state index contributed by atoms with van der Waals surface area (Å²) < 4.78 is 17.8. The Labute approximate surface area is 73.7 Å². The second-order valence-corrected chi connectivity index (χ2v) is 3.88. The van der Waals surface area contributed by atoms with Crippen LogP contribution >= 0.6 is 0 Å². The Hall–Kier alpha value is -0.150. The van der Waals surface area contributed by atoms with Crippen LogP contribution in [-0.2, 0) is 4.74 Å². The van der Waals surface area contributed by atoms with Crippen molar-refractivity contribution in [3.63, 3.8) is 0 Å². The third-order valence-corrected chi connectivity index (χ3v) is 1.39. The number of alkyl halides is 1. The van der Waals surface area contributed by atoms with Crippen LogP contribution in [-0.4, -0.2) is 30.1 Å². The Morgan fingerprint density at radius 3 is 2.42 bits per heavy atom. The maximum Gasteiger partial charge on any atom is 0.123 e. The summed E-state index contributed by atoms with van der Waals surface area (Å²) in [6.45, 7) is 6.07. The van der Waals surface area contributed by atoms with Gasteiger partial charge in [0.15, 0.2) is 0 Å². The number of halogens is 1. The summed E-state index contributed by atoms with van der Waals surface area (Å²) in [4.78, 5) is 0. The number of aliphatic hydroxyl groups excluding tert-OH is 1. The van der Waals surface area contributed by atoms with Crippen molar-refractivity contribution in [3.05, 3.63) is 0 Å². The topological polar surface area (TPSA) is 29.5 Å². The molecule has 1 unspecified atom stereocenters. The average Bonchev–Trinajstić information content (AvgIpc) is 1.96. The summed E-state index contributed by atoms with van der Waals surface area (Å²) in [5.41, 5.74) is -0.148. The van der Waals surface area contributed by atoms with Gasteiger partial charge in [0.05, 0.1) is 12.2 Å². The standard InChI is InChI=1S/C9H19FO2/c1-9(2,3)12-6-4-5-8(10)7-11/h8,11H,4-7H2,1-3H3. The number of hydrogen-bond acceptors (Lipinski definition) is 2. The van der Waals surface area contributed by atoms with Gasteiger partial charge >= 0.3 is 0 Å². The zero-order valence-electron chi connectivity index (χ0n) is 8.14. The molecule has 0 saturated carbocycles. The minimum atomic E-state index is -1.09. The van der Waals surface area contributed by atoms with E-state index in [-0.39, 0.29) is 12.2 Å². The van der Waals surface area contributed by atoms with Crippen LogP contribution < -0.4 is 0 Å². The molecule has 0 fully saturated rings. The van der Waals surface area contributed by atoms with Crippen molar-refractivity contribution in [3.8, 4) is 0 Å². The molecule has 0 aromatic rings. The first kappa shape index (κ1) is 11.8. The summed E-state index contributed by atoms with van der Waals surface area (Å²) >= 11 is 0. The first-order valence-corrected chi connectivity index (χ1v) is 4.34. The van der Waals surface area contributed by atoms with E-state index >= 15 is 0 Å². The molecule has 0 spiro atoms. The van der Waals surface area contributed by atoms with Crippen LogP contribution in [0.5, 0.6) is 0 Å². The summed E-state index contributed by atoms with van der Waals surface area (Å²) in [5, 5.41) is 8.38. The minimum absolute atomic E-state index is 0.148. The van der Waals surface area contributed by atoms with E-state index in [1.54, 1.807) is 0 Å². The van der Waals surface area contributed by atoms with Crippen molar-refractivity contribution in [2.24, 2.45) is 0 Å². The molecule has 12 heavy (non-hydrogen) atoms. The number of hydrogen-bond donors (Lipinski definition) is 1. The molecule has 0 rings (SSSR count). The molecule has 0 aliphatic heterocycles. The lowest BCUT2D eigenvalue weighted by molar-refractivity contribution is -0.00746. The van der Waals surface area contributed by atoms with Crippen molar-refractivity contribution in [2.75, 3.05) is 13.2 Å². The van der Waals surface area contributed by atoms with Crippen LogP contribution in [0.25, 0.3) is 0 Å². The molecule has 0 bridgehead atoms. The van der Waals surface area contributed by atoms with Crippen molar-refractivity contribution in [1.82, 2.24) is 0 Å². The van der Waals surface area contributed by atoms with E-state index in [0.29, 0.717) is 19.4 Å². The Bertz CT molecular complexity index is 110.